The summed E-state index contributed by atoms with van der Waals surface area (Å²) in [5, 5.41) is 29.9. The van der Waals surface area contributed by atoms with Crippen LogP contribution in [0.5, 0.6) is 0 Å². The highest BCUT2D eigenvalue weighted by atomic mass is 15.1. The van der Waals surface area contributed by atoms with Gasteiger partial charge in [0.1, 0.15) is 0 Å². The average molecular weight is 512 g/mol. The minimum atomic E-state index is 0.376. The number of aromatic nitrogens is 2. The molecule has 0 radical (unpaired) electrons. The van der Waals surface area contributed by atoms with Crippen LogP contribution in [0.25, 0.3) is 16.5 Å². The Hall–Kier alpha value is -3.19. The SMILES string of the molecule is CC.CC.CC/C=C(/C=C\C(=N)c1ccc(/C(C=N)=C/N)c2cn[nH]c12)NC.CCCCCCCNC. The smallest absolute Gasteiger partial charge is 0.0750 e. The predicted molar refractivity (Wildman–Crippen MR) is 166 cm³/mol. The largest absolute Gasteiger partial charge is 0.404 e. The Kier molecular flexibility index (Phi) is 23.8. The van der Waals surface area contributed by atoms with Gasteiger partial charge in [-0.3, -0.25) is 5.10 Å². The molecule has 7 heteroatoms. The Bertz CT molecular complexity index is 946. The molecule has 0 atom stereocenters. The minimum Gasteiger partial charge on any atom is -0.404 e. The number of hydrogen-bond acceptors (Lipinski definition) is 6. The van der Waals surface area contributed by atoms with Crippen molar-refractivity contribution < 1.29 is 0 Å². The van der Waals surface area contributed by atoms with Crippen LogP contribution in [0.15, 0.2) is 48.5 Å². The lowest BCUT2D eigenvalue weighted by molar-refractivity contribution is 0.610. The van der Waals surface area contributed by atoms with Gasteiger partial charge in [0.2, 0.25) is 0 Å². The van der Waals surface area contributed by atoms with E-state index in [0.29, 0.717) is 11.3 Å². The van der Waals surface area contributed by atoms with E-state index in [1.54, 1.807) is 12.3 Å². The van der Waals surface area contributed by atoms with Gasteiger partial charge in [-0.2, -0.15) is 5.10 Å². The lowest BCUT2D eigenvalue weighted by atomic mass is 9.98. The maximum atomic E-state index is 8.34. The molecule has 208 valence electrons. The number of nitrogens with zero attached hydrogens (tertiary/aromatic N) is 1. The van der Waals surface area contributed by atoms with Crippen molar-refractivity contribution in [3.05, 3.63) is 59.6 Å². The monoisotopic (exact) mass is 511 g/mol. The van der Waals surface area contributed by atoms with E-state index < -0.39 is 0 Å². The molecule has 0 bridgehead atoms. The van der Waals surface area contributed by atoms with Crippen LogP contribution in [0.3, 0.4) is 0 Å². The zero-order valence-electron chi connectivity index (χ0n) is 24.6. The molecule has 0 aliphatic rings. The Morgan fingerprint density at radius 2 is 1.65 bits per heavy atom. The second-order valence-electron chi connectivity index (χ2n) is 7.67. The number of fused-ring (bicyclic) bond motifs is 1. The molecule has 7 N–H and O–H groups in total. The number of unbranched alkanes of at least 4 members (excludes halogenated alkanes) is 4. The summed E-state index contributed by atoms with van der Waals surface area (Å²) in [5.74, 6) is 0. The zero-order valence-corrected chi connectivity index (χ0v) is 24.6. The van der Waals surface area contributed by atoms with Gasteiger partial charge < -0.3 is 27.2 Å². The predicted octanol–water partition coefficient (Wildman–Crippen LogP) is 7.18. The van der Waals surface area contributed by atoms with Gasteiger partial charge in [0.05, 0.1) is 17.4 Å². The van der Waals surface area contributed by atoms with E-state index in [-0.39, 0.29) is 0 Å². The molecule has 1 aromatic heterocycles. The number of nitrogens with two attached hydrogens (primary N) is 1. The first-order valence-corrected chi connectivity index (χ1v) is 13.8. The van der Waals surface area contributed by atoms with Gasteiger partial charge in [0.25, 0.3) is 0 Å². The van der Waals surface area contributed by atoms with Crippen molar-refractivity contribution in [2.24, 2.45) is 5.73 Å². The molecular weight excluding hydrogens is 458 g/mol. The van der Waals surface area contributed by atoms with E-state index in [4.69, 9.17) is 16.6 Å². The zero-order chi connectivity index (χ0) is 28.5. The van der Waals surface area contributed by atoms with Crippen molar-refractivity contribution >= 4 is 28.4 Å². The second-order valence-corrected chi connectivity index (χ2v) is 7.67. The number of aromatic amines is 1. The average Bonchev–Trinajstić information content (AvgIpc) is 3.44. The maximum Gasteiger partial charge on any atom is 0.0750 e. The van der Waals surface area contributed by atoms with Crippen LogP contribution in [0, 0.1) is 10.8 Å². The molecule has 0 fully saturated rings. The third-order valence-electron chi connectivity index (χ3n) is 5.22. The van der Waals surface area contributed by atoms with Crippen LogP contribution in [-0.4, -0.2) is 42.8 Å². The number of likely N-dealkylation sites (N-methyl/N-ethyl adjacent to an activating group) is 1. The molecule has 0 unspecified atom stereocenters. The van der Waals surface area contributed by atoms with Crippen molar-refractivity contribution in [2.45, 2.75) is 80.1 Å². The summed E-state index contributed by atoms with van der Waals surface area (Å²) >= 11 is 0. The number of allylic oxidation sites excluding steroid dienone is 4. The molecule has 1 aromatic carbocycles. The molecule has 1 heterocycles. The number of H-pyrrole nitrogens is 1. The Morgan fingerprint density at radius 1 is 1.00 bits per heavy atom. The third kappa shape index (κ3) is 13.6. The van der Waals surface area contributed by atoms with Crippen molar-refractivity contribution in [1.82, 2.24) is 20.8 Å². The van der Waals surface area contributed by atoms with E-state index in [2.05, 4.69) is 40.8 Å². The molecule has 0 saturated carbocycles. The fourth-order valence-corrected chi connectivity index (χ4v) is 3.37. The van der Waals surface area contributed by atoms with Gasteiger partial charge in [0, 0.05) is 41.7 Å². The summed E-state index contributed by atoms with van der Waals surface area (Å²) in [6.45, 7) is 13.5. The molecular formula is C30H53N7. The second kappa shape index (κ2) is 24.5. The molecule has 0 aliphatic carbocycles. The minimum absolute atomic E-state index is 0.376. The maximum absolute atomic E-state index is 8.34. The van der Waals surface area contributed by atoms with E-state index in [0.717, 1.165) is 34.1 Å². The van der Waals surface area contributed by atoms with Gasteiger partial charge in [-0.25, -0.2) is 0 Å². The first-order valence-electron chi connectivity index (χ1n) is 13.8. The molecule has 0 saturated heterocycles. The number of benzene rings is 1. The first kappa shape index (κ1) is 36.0. The number of rotatable bonds is 13. The van der Waals surface area contributed by atoms with Crippen LogP contribution in [0.4, 0.5) is 0 Å². The summed E-state index contributed by atoms with van der Waals surface area (Å²) in [7, 11) is 3.87. The third-order valence-corrected chi connectivity index (χ3v) is 5.22. The summed E-state index contributed by atoms with van der Waals surface area (Å²) < 4.78 is 0. The number of nitrogens with one attached hydrogen (secondary N) is 5. The molecule has 2 rings (SSSR count). The summed E-state index contributed by atoms with van der Waals surface area (Å²) in [5.41, 5.74) is 9.86. The highest BCUT2D eigenvalue weighted by Gasteiger charge is 2.12. The molecule has 7 nitrogen and oxygen atoms in total. The van der Waals surface area contributed by atoms with Crippen LogP contribution in [0.2, 0.25) is 0 Å². The highest BCUT2D eigenvalue weighted by molar-refractivity contribution is 6.18. The van der Waals surface area contributed by atoms with Crippen molar-refractivity contribution in [3.8, 4) is 0 Å². The van der Waals surface area contributed by atoms with Crippen LogP contribution in [-0.2, 0) is 0 Å². The molecule has 2 aromatic rings. The molecule has 0 amide bonds. The Labute approximate surface area is 226 Å². The Balaban J connectivity index is 0. The Morgan fingerprint density at radius 3 is 2.19 bits per heavy atom. The van der Waals surface area contributed by atoms with Crippen LogP contribution < -0.4 is 16.4 Å². The topological polar surface area (TPSA) is 126 Å². The van der Waals surface area contributed by atoms with E-state index in [9.17, 15) is 0 Å². The van der Waals surface area contributed by atoms with Gasteiger partial charge in [-0.05, 0) is 44.1 Å². The fourth-order valence-electron chi connectivity index (χ4n) is 3.37. The van der Waals surface area contributed by atoms with Crippen molar-refractivity contribution in [3.63, 3.8) is 0 Å². The quantitative estimate of drug-likeness (QED) is 0.0967. The van der Waals surface area contributed by atoms with Crippen LogP contribution >= 0.6 is 0 Å². The van der Waals surface area contributed by atoms with Crippen molar-refractivity contribution in [2.75, 3.05) is 20.6 Å². The highest BCUT2D eigenvalue weighted by Crippen LogP contribution is 2.26. The lowest BCUT2D eigenvalue weighted by Crippen LogP contribution is -2.06. The van der Waals surface area contributed by atoms with Gasteiger partial charge in [-0.1, -0.05) is 85.4 Å². The summed E-state index contributed by atoms with van der Waals surface area (Å²) in [6.07, 6.45) is 17.8. The van der Waals surface area contributed by atoms with Crippen LogP contribution in [0.1, 0.15) is 91.2 Å². The number of hydrogen-bond donors (Lipinski definition) is 6. The summed E-state index contributed by atoms with van der Waals surface area (Å²) in [6, 6.07) is 3.71. The van der Waals surface area contributed by atoms with Gasteiger partial charge in [-0.15, -0.1) is 0 Å². The first-order chi connectivity index (χ1) is 18.1. The molecule has 0 spiro atoms. The normalized spacial score (nSPS) is 11.0. The van der Waals surface area contributed by atoms with E-state index >= 15 is 0 Å². The van der Waals surface area contributed by atoms with Gasteiger partial charge in [0.15, 0.2) is 0 Å². The standard InChI is InChI=1S/C18H22N6.C8H19N.2C2H6/c1-3-4-13(22-2)5-8-17(21)15-7-6-14(12(9-19)10-20)16-11-23-24-18(15)16;1-3-4-5-6-7-8-9-2;2*1-2/h4-11,19,21-22H,3,20H2,1-2H3,(H,23,24);9H,3-8H2,1-2H3;2*1-2H3/b8-5-,12-10+,13-4-,19-9?,21-17?;;;. The molecule has 0 aliphatic heterocycles. The van der Waals surface area contributed by atoms with Gasteiger partial charge >= 0.3 is 0 Å². The van der Waals surface area contributed by atoms with Crippen molar-refractivity contribution in [1.29, 1.82) is 10.8 Å². The summed E-state index contributed by atoms with van der Waals surface area (Å²) in [4.78, 5) is 0. The lowest BCUT2D eigenvalue weighted by Gasteiger charge is -2.07. The van der Waals surface area contributed by atoms with E-state index in [1.165, 1.54) is 51.1 Å². The fraction of sp³-hybridized carbons (Fsp3) is 0.500. The molecule has 37 heavy (non-hydrogen) atoms. The van der Waals surface area contributed by atoms with E-state index in [1.807, 2.05) is 60.0 Å².